The third-order valence-electron chi connectivity index (χ3n) is 1.47. The van der Waals surface area contributed by atoms with E-state index in [1.165, 1.54) is 11.3 Å². The number of nitrogens with one attached hydrogen (secondary N) is 1. The molecule has 0 saturated heterocycles. The van der Waals surface area contributed by atoms with E-state index in [0.29, 0.717) is 11.6 Å². The fourth-order valence-electron chi connectivity index (χ4n) is 0.804. The van der Waals surface area contributed by atoms with Gasteiger partial charge < -0.3 is 10.2 Å². The van der Waals surface area contributed by atoms with Gasteiger partial charge in [-0.15, -0.1) is 11.3 Å². The highest BCUT2D eigenvalue weighted by atomic mass is 32.1. The Kier molecular flexibility index (Phi) is 3.85. The molecule has 0 aromatic carbocycles. The van der Waals surface area contributed by atoms with E-state index < -0.39 is 0 Å². The Balaban J connectivity index is 2.27. The summed E-state index contributed by atoms with van der Waals surface area (Å²) in [7, 11) is 3.94. The molecule has 0 spiro atoms. The first-order chi connectivity index (χ1) is 6.20. The maximum absolute atomic E-state index is 11.3. The van der Waals surface area contributed by atoms with Gasteiger partial charge in [0.25, 0.3) is 5.91 Å². The minimum atomic E-state index is -0.0862. The van der Waals surface area contributed by atoms with Gasteiger partial charge in [-0.05, 0) is 14.1 Å². The molecule has 0 radical (unpaired) electrons. The highest BCUT2D eigenvalue weighted by Gasteiger charge is 2.06. The first kappa shape index (κ1) is 10.1. The van der Waals surface area contributed by atoms with Crippen molar-refractivity contribution < 1.29 is 4.79 Å². The summed E-state index contributed by atoms with van der Waals surface area (Å²) in [6.45, 7) is 1.50. The SMILES string of the molecule is CN(C)CCNC(=O)c1nccs1. The molecule has 0 aliphatic carbocycles. The van der Waals surface area contributed by atoms with E-state index in [2.05, 4.69) is 10.3 Å². The second-order valence-corrected chi connectivity index (χ2v) is 3.79. The third kappa shape index (κ3) is 3.52. The van der Waals surface area contributed by atoms with Crippen LogP contribution in [-0.2, 0) is 0 Å². The van der Waals surface area contributed by atoms with Crippen molar-refractivity contribution in [2.24, 2.45) is 0 Å². The number of hydrogen-bond acceptors (Lipinski definition) is 4. The Morgan fingerprint density at radius 2 is 2.46 bits per heavy atom. The summed E-state index contributed by atoms with van der Waals surface area (Å²) in [5.74, 6) is -0.0862. The highest BCUT2D eigenvalue weighted by molar-refractivity contribution is 7.11. The van der Waals surface area contributed by atoms with E-state index in [1.54, 1.807) is 11.6 Å². The van der Waals surface area contributed by atoms with E-state index in [9.17, 15) is 4.79 Å². The maximum atomic E-state index is 11.3. The Morgan fingerprint density at radius 3 is 3.00 bits per heavy atom. The molecule has 1 amide bonds. The molecular weight excluding hydrogens is 186 g/mol. The van der Waals surface area contributed by atoms with Gasteiger partial charge in [-0.3, -0.25) is 4.79 Å². The summed E-state index contributed by atoms with van der Waals surface area (Å²) in [6, 6.07) is 0. The van der Waals surface area contributed by atoms with Crippen LogP contribution in [0.5, 0.6) is 0 Å². The molecule has 13 heavy (non-hydrogen) atoms. The molecule has 0 fully saturated rings. The van der Waals surface area contributed by atoms with Gasteiger partial charge in [-0.2, -0.15) is 0 Å². The van der Waals surface area contributed by atoms with Gasteiger partial charge in [0.1, 0.15) is 0 Å². The number of carbonyl (C=O) groups excluding carboxylic acids is 1. The van der Waals surface area contributed by atoms with Crippen molar-refractivity contribution in [1.82, 2.24) is 15.2 Å². The lowest BCUT2D eigenvalue weighted by atomic mass is 10.5. The van der Waals surface area contributed by atoms with Crippen molar-refractivity contribution in [3.8, 4) is 0 Å². The molecule has 0 saturated carbocycles. The van der Waals surface area contributed by atoms with Crippen molar-refractivity contribution >= 4 is 17.2 Å². The zero-order chi connectivity index (χ0) is 9.68. The molecule has 1 heterocycles. The average Bonchev–Trinajstić information content (AvgIpc) is 2.55. The molecule has 0 aliphatic heterocycles. The number of rotatable bonds is 4. The zero-order valence-electron chi connectivity index (χ0n) is 7.78. The third-order valence-corrected chi connectivity index (χ3v) is 2.24. The van der Waals surface area contributed by atoms with Crippen LogP contribution in [0.3, 0.4) is 0 Å². The van der Waals surface area contributed by atoms with Crippen molar-refractivity contribution in [1.29, 1.82) is 0 Å². The largest absolute Gasteiger partial charge is 0.349 e. The van der Waals surface area contributed by atoms with Gasteiger partial charge in [-0.1, -0.05) is 0 Å². The molecule has 1 N–H and O–H groups in total. The topological polar surface area (TPSA) is 45.2 Å². The van der Waals surface area contributed by atoms with Crippen LogP contribution in [-0.4, -0.2) is 43.0 Å². The molecule has 1 aromatic heterocycles. The quantitative estimate of drug-likeness (QED) is 0.765. The minimum absolute atomic E-state index is 0.0862. The van der Waals surface area contributed by atoms with E-state index in [0.717, 1.165) is 6.54 Å². The highest BCUT2D eigenvalue weighted by Crippen LogP contribution is 2.02. The molecule has 1 aromatic rings. The maximum Gasteiger partial charge on any atom is 0.280 e. The number of likely N-dealkylation sites (N-methyl/N-ethyl adjacent to an activating group) is 1. The fourth-order valence-corrected chi connectivity index (χ4v) is 1.36. The summed E-state index contributed by atoms with van der Waals surface area (Å²) < 4.78 is 0. The number of thiazole rings is 1. The summed E-state index contributed by atoms with van der Waals surface area (Å²) >= 11 is 1.35. The van der Waals surface area contributed by atoms with Gasteiger partial charge in [0.2, 0.25) is 0 Å². The van der Waals surface area contributed by atoms with Crippen LogP contribution in [0, 0.1) is 0 Å². The molecule has 5 heteroatoms. The van der Waals surface area contributed by atoms with Crippen LogP contribution >= 0.6 is 11.3 Å². The van der Waals surface area contributed by atoms with Gasteiger partial charge in [0.05, 0.1) is 0 Å². The van der Waals surface area contributed by atoms with E-state index >= 15 is 0 Å². The number of carbonyl (C=O) groups is 1. The van der Waals surface area contributed by atoms with Gasteiger partial charge >= 0.3 is 0 Å². The van der Waals surface area contributed by atoms with E-state index in [4.69, 9.17) is 0 Å². The normalized spacial score (nSPS) is 10.4. The zero-order valence-corrected chi connectivity index (χ0v) is 8.60. The lowest BCUT2D eigenvalue weighted by molar-refractivity contribution is 0.0950. The standard InChI is InChI=1S/C8H13N3OS/c1-11(2)5-3-9-7(12)8-10-4-6-13-8/h4,6H,3,5H2,1-2H3,(H,9,12). The Hall–Kier alpha value is -0.940. The monoisotopic (exact) mass is 199 g/mol. The van der Waals surface area contributed by atoms with Crippen LogP contribution < -0.4 is 5.32 Å². The predicted octanol–water partition coefficient (Wildman–Crippen LogP) is 0.435. The molecule has 72 valence electrons. The molecule has 0 aliphatic rings. The average molecular weight is 199 g/mol. The Labute approximate surface area is 81.6 Å². The first-order valence-electron chi connectivity index (χ1n) is 4.02. The van der Waals surface area contributed by atoms with Crippen molar-refractivity contribution in [2.45, 2.75) is 0 Å². The first-order valence-corrected chi connectivity index (χ1v) is 4.90. The van der Waals surface area contributed by atoms with Crippen molar-refractivity contribution in [2.75, 3.05) is 27.2 Å². The van der Waals surface area contributed by atoms with E-state index in [1.807, 2.05) is 19.0 Å². The summed E-state index contributed by atoms with van der Waals surface area (Å²) in [5, 5.41) is 5.10. The summed E-state index contributed by atoms with van der Waals surface area (Å²) in [5.41, 5.74) is 0. The minimum Gasteiger partial charge on any atom is -0.349 e. The van der Waals surface area contributed by atoms with Crippen LogP contribution in [0.4, 0.5) is 0 Å². The molecule has 4 nitrogen and oxygen atoms in total. The number of aromatic nitrogens is 1. The number of nitrogens with zero attached hydrogens (tertiary/aromatic N) is 2. The Bertz CT molecular complexity index is 258. The van der Waals surface area contributed by atoms with Crippen LogP contribution in [0.1, 0.15) is 9.80 Å². The van der Waals surface area contributed by atoms with Crippen LogP contribution in [0.15, 0.2) is 11.6 Å². The van der Waals surface area contributed by atoms with Crippen molar-refractivity contribution in [3.63, 3.8) is 0 Å². The van der Waals surface area contributed by atoms with Gasteiger partial charge in [0.15, 0.2) is 5.01 Å². The van der Waals surface area contributed by atoms with E-state index in [-0.39, 0.29) is 5.91 Å². The molecule has 0 atom stereocenters. The second kappa shape index (κ2) is 4.94. The molecule has 0 bridgehead atoms. The molecule has 0 unspecified atom stereocenters. The fraction of sp³-hybridized carbons (Fsp3) is 0.500. The van der Waals surface area contributed by atoms with Crippen LogP contribution in [0.2, 0.25) is 0 Å². The molecule has 1 rings (SSSR count). The number of amides is 1. The smallest absolute Gasteiger partial charge is 0.280 e. The van der Waals surface area contributed by atoms with Crippen molar-refractivity contribution in [3.05, 3.63) is 16.6 Å². The molecular formula is C8H13N3OS. The van der Waals surface area contributed by atoms with Gasteiger partial charge in [-0.25, -0.2) is 4.98 Å². The Morgan fingerprint density at radius 1 is 1.69 bits per heavy atom. The predicted molar refractivity (Wildman–Crippen MR) is 53.0 cm³/mol. The number of hydrogen-bond donors (Lipinski definition) is 1. The lowest BCUT2D eigenvalue weighted by Crippen LogP contribution is -2.31. The summed E-state index contributed by atoms with van der Waals surface area (Å²) in [6.07, 6.45) is 1.63. The second-order valence-electron chi connectivity index (χ2n) is 2.90. The summed E-state index contributed by atoms with van der Waals surface area (Å²) in [4.78, 5) is 17.2. The van der Waals surface area contributed by atoms with Gasteiger partial charge in [0, 0.05) is 24.7 Å². The van der Waals surface area contributed by atoms with Crippen LogP contribution in [0.25, 0.3) is 0 Å². The lowest BCUT2D eigenvalue weighted by Gasteiger charge is -2.09.